The van der Waals surface area contributed by atoms with Gasteiger partial charge < -0.3 is 10.2 Å². The fourth-order valence-electron chi connectivity index (χ4n) is 2.42. The Morgan fingerprint density at radius 1 is 1.29 bits per heavy atom. The molecule has 0 amide bonds. The third-order valence-electron chi connectivity index (χ3n) is 3.81. The lowest BCUT2D eigenvalue weighted by molar-refractivity contribution is 0.322. The average molecular weight is 234 g/mol. The van der Waals surface area contributed by atoms with Gasteiger partial charge in [-0.1, -0.05) is 0 Å². The number of hydrogen-bond donors (Lipinski definition) is 1. The summed E-state index contributed by atoms with van der Waals surface area (Å²) >= 11 is 0. The van der Waals surface area contributed by atoms with Gasteiger partial charge in [-0.25, -0.2) is 0 Å². The first-order valence-corrected chi connectivity index (χ1v) is 6.43. The number of nitrogens with zero attached hydrogens (tertiary/aromatic N) is 3. The number of rotatable bonds is 3. The highest BCUT2D eigenvalue weighted by Crippen LogP contribution is 2.23. The molecular weight excluding hydrogens is 212 g/mol. The minimum absolute atomic E-state index is 0.612. The minimum Gasteiger partial charge on any atom is -0.355 e. The smallest absolute Gasteiger partial charge is 0.151 e. The monoisotopic (exact) mass is 234 g/mol. The maximum atomic E-state index is 4.25. The molecule has 17 heavy (non-hydrogen) atoms. The van der Waals surface area contributed by atoms with E-state index in [1.807, 2.05) is 20.0 Å². The van der Waals surface area contributed by atoms with Crippen LogP contribution in [0, 0.1) is 12.8 Å². The normalized spacial score (nSPS) is 19.4. The van der Waals surface area contributed by atoms with Crippen LogP contribution in [0.4, 0.5) is 5.82 Å². The zero-order valence-electron chi connectivity index (χ0n) is 11.0. The number of piperidine rings is 1. The van der Waals surface area contributed by atoms with Crippen LogP contribution in [-0.4, -0.2) is 36.4 Å². The molecule has 2 rings (SSSR count). The predicted molar refractivity (Wildman–Crippen MR) is 70.2 cm³/mol. The molecule has 4 heteroatoms. The Morgan fingerprint density at radius 2 is 2.00 bits per heavy atom. The highest BCUT2D eigenvalue weighted by Gasteiger charge is 2.23. The zero-order chi connectivity index (χ0) is 12.3. The van der Waals surface area contributed by atoms with Crippen molar-refractivity contribution in [3.63, 3.8) is 0 Å². The van der Waals surface area contributed by atoms with Crippen LogP contribution in [0.2, 0.25) is 0 Å². The van der Waals surface area contributed by atoms with Crippen LogP contribution < -0.4 is 10.2 Å². The molecule has 0 bridgehead atoms. The van der Waals surface area contributed by atoms with E-state index in [2.05, 4.69) is 33.4 Å². The Balaban J connectivity index is 1.93. The second kappa shape index (κ2) is 5.45. The van der Waals surface area contributed by atoms with Gasteiger partial charge in [0.15, 0.2) is 5.82 Å². The standard InChI is InChI=1S/C13H22N4/c1-10-4-5-13(16-15-10)17-8-6-12(7-9-17)11(2)14-3/h4-5,11-12,14H,6-9H2,1-3H3. The first kappa shape index (κ1) is 12.3. The van der Waals surface area contributed by atoms with E-state index in [1.165, 1.54) is 12.8 Å². The molecule has 0 radical (unpaired) electrons. The quantitative estimate of drug-likeness (QED) is 0.862. The van der Waals surface area contributed by atoms with Crippen LogP contribution in [-0.2, 0) is 0 Å². The number of aryl methyl sites for hydroxylation is 1. The second-order valence-electron chi connectivity index (χ2n) is 4.93. The Morgan fingerprint density at radius 3 is 2.53 bits per heavy atom. The maximum absolute atomic E-state index is 4.25. The number of anilines is 1. The molecule has 1 aromatic rings. The van der Waals surface area contributed by atoms with Crippen LogP contribution >= 0.6 is 0 Å². The van der Waals surface area contributed by atoms with Gasteiger partial charge in [0.25, 0.3) is 0 Å². The van der Waals surface area contributed by atoms with Gasteiger partial charge in [0.1, 0.15) is 0 Å². The lowest BCUT2D eigenvalue weighted by Gasteiger charge is -2.35. The summed E-state index contributed by atoms with van der Waals surface area (Å²) in [6, 6.07) is 4.72. The van der Waals surface area contributed by atoms with Gasteiger partial charge in [-0.2, -0.15) is 5.10 Å². The van der Waals surface area contributed by atoms with E-state index in [1.54, 1.807) is 0 Å². The third-order valence-corrected chi connectivity index (χ3v) is 3.81. The van der Waals surface area contributed by atoms with E-state index in [0.717, 1.165) is 30.5 Å². The van der Waals surface area contributed by atoms with E-state index in [-0.39, 0.29) is 0 Å². The molecule has 2 heterocycles. The Kier molecular flexibility index (Phi) is 3.94. The van der Waals surface area contributed by atoms with Gasteiger partial charge in [0.2, 0.25) is 0 Å². The van der Waals surface area contributed by atoms with Crippen molar-refractivity contribution >= 4 is 5.82 Å². The van der Waals surface area contributed by atoms with E-state index in [4.69, 9.17) is 0 Å². The van der Waals surface area contributed by atoms with Gasteiger partial charge in [-0.05, 0) is 51.8 Å². The molecule has 1 unspecified atom stereocenters. The highest BCUT2D eigenvalue weighted by atomic mass is 15.3. The van der Waals surface area contributed by atoms with Crippen molar-refractivity contribution in [2.45, 2.75) is 32.7 Å². The van der Waals surface area contributed by atoms with E-state index >= 15 is 0 Å². The average Bonchev–Trinajstić information content (AvgIpc) is 2.39. The third kappa shape index (κ3) is 2.94. The summed E-state index contributed by atoms with van der Waals surface area (Å²) in [5.41, 5.74) is 0.979. The molecule has 0 aromatic carbocycles. The second-order valence-corrected chi connectivity index (χ2v) is 4.93. The summed E-state index contributed by atoms with van der Waals surface area (Å²) in [5, 5.41) is 11.7. The summed E-state index contributed by atoms with van der Waals surface area (Å²) < 4.78 is 0. The number of nitrogens with one attached hydrogen (secondary N) is 1. The molecule has 1 atom stereocenters. The molecule has 0 saturated carbocycles. The van der Waals surface area contributed by atoms with Gasteiger partial charge in [0.05, 0.1) is 5.69 Å². The SMILES string of the molecule is CNC(C)C1CCN(c2ccc(C)nn2)CC1. The first-order chi connectivity index (χ1) is 8.20. The molecule has 0 spiro atoms. The van der Waals surface area contributed by atoms with Crippen LogP contribution in [0.25, 0.3) is 0 Å². The number of aromatic nitrogens is 2. The summed E-state index contributed by atoms with van der Waals surface area (Å²) in [6.07, 6.45) is 2.47. The fraction of sp³-hybridized carbons (Fsp3) is 0.692. The van der Waals surface area contributed by atoms with Gasteiger partial charge in [-0.15, -0.1) is 5.10 Å². The maximum Gasteiger partial charge on any atom is 0.151 e. The Labute approximate surface area is 103 Å². The Hall–Kier alpha value is -1.16. The molecule has 1 aliphatic rings. The van der Waals surface area contributed by atoms with E-state index in [0.29, 0.717) is 6.04 Å². The molecule has 0 aliphatic carbocycles. The predicted octanol–water partition coefficient (Wildman–Crippen LogP) is 1.61. The topological polar surface area (TPSA) is 41.0 Å². The molecule has 1 aromatic heterocycles. The van der Waals surface area contributed by atoms with Gasteiger partial charge in [-0.3, -0.25) is 0 Å². The van der Waals surface area contributed by atoms with Crippen LogP contribution in [0.5, 0.6) is 0 Å². The van der Waals surface area contributed by atoms with Crippen molar-refractivity contribution < 1.29 is 0 Å². The lowest BCUT2D eigenvalue weighted by atomic mass is 9.90. The summed E-state index contributed by atoms with van der Waals surface area (Å²) in [6.45, 7) is 6.42. The largest absolute Gasteiger partial charge is 0.355 e. The number of hydrogen-bond acceptors (Lipinski definition) is 4. The minimum atomic E-state index is 0.612. The van der Waals surface area contributed by atoms with Crippen LogP contribution in [0.1, 0.15) is 25.5 Å². The summed E-state index contributed by atoms with van der Waals surface area (Å²) in [4.78, 5) is 2.34. The highest BCUT2D eigenvalue weighted by molar-refractivity contribution is 5.37. The summed E-state index contributed by atoms with van der Waals surface area (Å²) in [7, 11) is 2.04. The van der Waals surface area contributed by atoms with Crippen molar-refractivity contribution in [1.29, 1.82) is 0 Å². The van der Waals surface area contributed by atoms with Crippen molar-refractivity contribution in [3.8, 4) is 0 Å². The lowest BCUT2D eigenvalue weighted by Crippen LogP contribution is -2.41. The first-order valence-electron chi connectivity index (χ1n) is 6.43. The van der Waals surface area contributed by atoms with Crippen molar-refractivity contribution in [2.75, 3.05) is 25.0 Å². The zero-order valence-corrected chi connectivity index (χ0v) is 11.0. The molecule has 94 valence electrons. The summed E-state index contributed by atoms with van der Waals surface area (Å²) in [5.74, 6) is 1.81. The van der Waals surface area contributed by atoms with E-state index < -0.39 is 0 Å². The fourth-order valence-corrected chi connectivity index (χ4v) is 2.42. The molecule has 1 fully saturated rings. The van der Waals surface area contributed by atoms with Crippen molar-refractivity contribution in [3.05, 3.63) is 17.8 Å². The van der Waals surface area contributed by atoms with Crippen LogP contribution in [0.15, 0.2) is 12.1 Å². The van der Waals surface area contributed by atoms with Gasteiger partial charge in [0, 0.05) is 19.1 Å². The van der Waals surface area contributed by atoms with Crippen molar-refractivity contribution in [2.24, 2.45) is 5.92 Å². The molecule has 4 nitrogen and oxygen atoms in total. The molecular formula is C13H22N4. The van der Waals surface area contributed by atoms with E-state index in [9.17, 15) is 0 Å². The van der Waals surface area contributed by atoms with Gasteiger partial charge >= 0.3 is 0 Å². The Bertz CT molecular complexity index is 341. The molecule has 1 saturated heterocycles. The molecule has 1 N–H and O–H groups in total. The van der Waals surface area contributed by atoms with Crippen LogP contribution in [0.3, 0.4) is 0 Å². The molecule has 1 aliphatic heterocycles. The van der Waals surface area contributed by atoms with Crippen molar-refractivity contribution in [1.82, 2.24) is 15.5 Å².